The quantitative estimate of drug-likeness (QED) is 0.815. The van der Waals surface area contributed by atoms with Crippen LogP contribution in [0.2, 0.25) is 0 Å². The number of alkyl halides is 2. The summed E-state index contributed by atoms with van der Waals surface area (Å²) in [6, 6.07) is 10.6. The zero-order valence-corrected chi connectivity index (χ0v) is 13.0. The van der Waals surface area contributed by atoms with Gasteiger partial charge in [0.2, 0.25) is 0 Å². The maximum atomic E-state index is 12.1. The van der Waals surface area contributed by atoms with Gasteiger partial charge in [0.1, 0.15) is 17.2 Å². The summed E-state index contributed by atoms with van der Waals surface area (Å²) in [7, 11) is 1.46. The Morgan fingerprint density at radius 1 is 1.17 bits per heavy atom. The van der Waals surface area contributed by atoms with E-state index in [0.717, 1.165) is 5.56 Å². The lowest BCUT2D eigenvalue weighted by atomic mass is 10.1. The van der Waals surface area contributed by atoms with Crippen molar-refractivity contribution >= 4 is 5.91 Å². The molecule has 0 aliphatic rings. The molecule has 2 N–H and O–H groups in total. The number of benzene rings is 2. The molecule has 2 aromatic rings. The molecule has 5 nitrogen and oxygen atoms in total. The summed E-state index contributed by atoms with van der Waals surface area (Å²) in [4.78, 5) is 12.0. The largest absolute Gasteiger partial charge is 0.507 e. The second-order valence-corrected chi connectivity index (χ2v) is 4.91. The van der Waals surface area contributed by atoms with Gasteiger partial charge < -0.3 is 19.9 Å². The van der Waals surface area contributed by atoms with Crippen LogP contribution in [0.15, 0.2) is 42.5 Å². The van der Waals surface area contributed by atoms with Crippen molar-refractivity contribution in [2.24, 2.45) is 0 Å². The second kappa shape index (κ2) is 8.14. The summed E-state index contributed by atoms with van der Waals surface area (Å²) >= 11 is 0. The second-order valence-electron chi connectivity index (χ2n) is 4.91. The van der Waals surface area contributed by atoms with E-state index >= 15 is 0 Å². The number of hydrogen-bond donors (Lipinski definition) is 2. The molecule has 0 saturated heterocycles. The predicted octanol–water partition coefficient (Wildman–Crippen LogP) is 2.97. The molecule has 0 aliphatic heterocycles. The number of aromatic hydroxyl groups is 1. The Morgan fingerprint density at radius 2 is 1.83 bits per heavy atom. The van der Waals surface area contributed by atoms with E-state index in [9.17, 15) is 18.7 Å². The number of rotatable bonds is 7. The zero-order valence-electron chi connectivity index (χ0n) is 13.0. The van der Waals surface area contributed by atoms with Crippen LogP contribution in [0.4, 0.5) is 8.78 Å². The highest BCUT2D eigenvalue weighted by atomic mass is 19.3. The zero-order chi connectivity index (χ0) is 17.5. The molecule has 0 fully saturated rings. The molecule has 0 spiro atoms. The van der Waals surface area contributed by atoms with Gasteiger partial charge in [-0.3, -0.25) is 4.79 Å². The first-order chi connectivity index (χ1) is 11.5. The first kappa shape index (κ1) is 17.5. The fourth-order valence-electron chi connectivity index (χ4n) is 2.08. The third-order valence-corrected chi connectivity index (χ3v) is 3.30. The van der Waals surface area contributed by atoms with Crippen molar-refractivity contribution in [2.75, 3.05) is 13.7 Å². The molecule has 0 heterocycles. The van der Waals surface area contributed by atoms with Crippen molar-refractivity contribution in [3.63, 3.8) is 0 Å². The van der Waals surface area contributed by atoms with Crippen LogP contribution in [0.5, 0.6) is 17.2 Å². The number of methoxy groups -OCH3 is 1. The SMILES string of the molecule is COc1ccc(C(=O)NCCc2ccc(OC(F)F)cc2)c(O)c1. The summed E-state index contributed by atoms with van der Waals surface area (Å²) < 4.78 is 33.3. The molecule has 1 amide bonds. The Bertz CT molecular complexity index is 689. The van der Waals surface area contributed by atoms with Crippen LogP contribution in [0, 0.1) is 0 Å². The highest BCUT2D eigenvalue weighted by molar-refractivity contribution is 5.97. The lowest BCUT2D eigenvalue weighted by Gasteiger charge is -2.09. The van der Waals surface area contributed by atoms with Gasteiger partial charge in [-0.05, 0) is 36.2 Å². The van der Waals surface area contributed by atoms with Gasteiger partial charge in [0.15, 0.2) is 0 Å². The number of phenols is 1. The number of amides is 1. The lowest BCUT2D eigenvalue weighted by molar-refractivity contribution is -0.0498. The van der Waals surface area contributed by atoms with Crippen LogP contribution in [-0.2, 0) is 6.42 Å². The Hall–Kier alpha value is -2.83. The molecule has 0 saturated carbocycles. The average Bonchev–Trinajstić information content (AvgIpc) is 2.55. The van der Waals surface area contributed by atoms with Crippen LogP contribution < -0.4 is 14.8 Å². The van der Waals surface area contributed by atoms with Gasteiger partial charge in [-0.15, -0.1) is 0 Å². The molecule has 7 heteroatoms. The van der Waals surface area contributed by atoms with Crippen molar-refractivity contribution in [3.05, 3.63) is 53.6 Å². The van der Waals surface area contributed by atoms with Crippen LogP contribution >= 0.6 is 0 Å². The van der Waals surface area contributed by atoms with E-state index in [-0.39, 0.29) is 17.1 Å². The van der Waals surface area contributed by atoms with E-state index in [1.807, 2.05) is 0 Å². The van der Waals surface area contributed by atoms with Crippen molar-refractivity contribution in [2.45, 2.75) is 13.0 Å². The summed E-state index contributed by atoms with van der Waals surface area (Å²) in [5, 5.41) is 12.5. The molecule has 128 valence electrons. The van der Waals surface area contributed by atoms with E-state index < -0.39 is 12.5 Å². The van der Waals surface area contributed by atoms with Crippen LogP contribution in [0.3, 0.4) is 0 Å². The highest BCUT2D eigenvalue weighted by Crippen LogP contribution is 2.23. The minimum absolute atomic E-state index is 0.0842. The number of ether oxygens (including phenoxy) is 2. The Labute approximate surface area is 137 Å². The van der Waals surface area contributed by atoms with E-state index in [1.165, 1.54) is 31.4 Å². The van der Waals surface area contributed by atoms with Crippen molar-refractivity contribution in [1.29, 1.82) is 0 Å². The molecule has 0 bridgehead atoms. The molecule has 2 rings (SSSR count). The minimum Gasteiger partial charge on any atom is -0.507 e. The van der Waals surface area contributed by atoms with Gasteiger partial charge in [-0.25, -0.2) is 0 Å². The number of phenolic OH excluding ortho intramolecular Hbond substituents is 1. The Morgan fingerprint density at radius 3 is 2.42 bits per heavy atom. The van der Waals surface area contributed by atoms with E-state index in [1.54, 1.807) is 18.2 Å². The van der Waals surface area contributed by atoms with Gasteiger partial charge in [0, 0.05) is 12.6 Å². The summed E-state index contributed by atoms with van der Waals surface area (Å²) in [5.41, 5.74) is 1.01. The van der Waals surface area contributed by atoms with Crippen molar-refractivity contribution in [1.82, 2.24) is 5.32 Å². The number of hydrogen-bond acceptors (Lipinski definition) is 4. The topological polar surface area (TPSA) is 67.8 Å². The summed E-state index contributed by atoms with van der Waals surface area (Å²) in [6.45, 7) is -2.52. The smallest absolute Gasteiger partial charge is 0.387 e. The molecular weight excluding hydrogens is 320 g/mol. The molecule has 0 aromatic heterocycles. The molecule has 24 heavy (non-hydrogen) atoms. The minimum atomic E-state index is -2.85. The van der Waals surface area contributed by atoms with Gasteiger partial charge in [-0.2, -0.15) is 8.78 Å². The fraction of sp³-hybridized carbons (Fsp3) is 0.235. The lowest BCUT2D eigenvalue weighted by Crippen LogP contribution is -2.25. The van der Waals surface area contributed by atoms with Crippen LogP contribution in [0.1, 0.15) is 15.9 Å². The molecule has 2 aromatic carbocycles. The number of halogens is 2. The normalized spacial score (nSPS) is 10.5. The number of carbonyl (C=O) groups is 1. The van der Waals surface area contributed by atoms with E-state index in [4.69, 9.17) is 4.74 Å². The standard InChI is InChI=1S/C17H17F2NO4/c1-23-13-6-7-14(15(21)10-13)16(22)20-9-8-11-2-4-12(5-3-11)24-17(18)19/h2-7,10,17,21H,8-9H2,1H3,(H,20,22). The van der Waals surface area contributed by atoms with Gasteiger partial charge in [-0.1, -0.05) is 12.1 Å². The summed E-state index contributed by atoms with van der Waals surface area (Å²) in [5.74, 6) is -0.0377. The molecule has 0 radical (unpaired) electrons. The van der Waals surface area contributed by atoms with Crippen LogP contribution in [0.25, 0.3) is 0 Å². The maximum Gasteiger partial charge on any atom is 0.387 e. The number of carbonyl (C=O) groups excluding carboxylic acids is 1. The first-order valence-electron chi connectivity index (χ1n) is 7.18. The Balaban J connectivity index is 1.86. The molecule has 0 atom stereocenters. The Kier molecular flexibility index (Phi) is 5.95. The third-order valence-electron chi connectivity index (χ3n) is 3.30. The average molecular weight is 337 g/mol. The monoisotopic (exact) mass is 337 g/mol. The first-order valence-corrected chi connectivity index (χ1v) is 7.18. The molecular formula is C17H17F2NO4. The summed E-state index contributed by atoms with van der Waals surface area (Å²) in [6.07, 6.45) is 0.512. The van der Waals surface area contributed by atoms with Crippen molar-refractivity contribution < 1.29 is 28.2 Å². The van der Waals surface area contributed by atoms with Gasteiger partial charge in [0.05, 0.1) is 12.7 Å². The van der Waals surface area contributed by atoms with Gasteiger partial charge >= 0.3 is 6.61 Å². The third kappa shape index (κ3) is 4.84. The fourth-order valence-corrected chi connectivity index (χ4v) is 2.08. The highest BCUT2D eigenvalue weighted by Gasteiger charge is 2.11. The van der Waals surface area contributed by atoms with Crippen LogP contribution in [-0.4, -0.2) is 31.3 Å². The predicted molar refractivity (Wildman–Crippen MR) is 83.8 cm³/mol. The number of nitrogens with one attached hydrogen (secondary N) is 1. The molecule has 0 aliphatic carbocycles. The van der Waals surface area contributed by atoms with Crippen molar-refractivity contribution in [3.8, 4) is 17.2 Å². The van der Waals surface area contributed by atoms with Gasteiger partial charge in [0.25, 0.3) is 5.91 Å². The molecule has 0 unspecified atom stereocenters. The maximum absolute atomic E-state index is 12.1. The van der Waals surface area contributed by atoms with E-state index in [0.29, 0.717) is 18.7 Å². The van der Waals surface area contributed by atoms with E-state index in [2.05, 4.69) is 10.1 Å².